The van der Waals surface area contributed by atoms with Crippen molar-refractivity contribution in [2.24, 2.45) is 11.5 Å². The van der Waals surface area contributed by atoms with Gasteiger partial charge in [-0.1, -0.05) is 30.3 Å². The van der Waals surface area contributed by atoms with Crippen LogP contribution in [0.2, 0.25) is 0 Å². The van der Waals surface area contributed by atoms with Gasteiger partial charge in [0.1, 0.15) is 18.1 Å². The second-order valence-corrected chi connectivity index (χ2v) is 8.53. The Morgan fingerprint density at radius 1 is 0.909 bits per heavy atom. The molecule has 0 aliphatic rings. The van der Waals surface area contributed by atoms with Crippen LogP contribution in [-0.2, 0) is 25.6 Å². The summed E-state index contributed by atoms with van der Waals surface area (Å²) in [5.41, 5.74) is 11.7. The maximum atomic E-state index is 13.0. The number of unbranched alkanes of at least 4 members (excludes halogenated alkanes) is 1. The Hall–Kier alpha value is -2.63. The Balaban J connectivity index is 3.02. The normalized spacial score (nSPS) is 13.4. The summed E-state index contributed by atoms with van der Waals surface area (Å²) in [5, 5.41) is 17.2. The number of carbonyl (C=O) groups is 4. The van der Waals surface area contributed by atoms with Gasteiger partial charge in [0.2, 0.25) is 17.7 Å². The average Bonchev–Trinajstić information content (AvgIpc) is 2.80. The Morgan fingerprint density at radius 2 is 1.55 bits per heavy atom. The van der Waals surface area contributed by atoms with Crippen molar-refractivity contribution in [2.45, 2.75) is 50.2 Å². The van der Waals surface area contributed by atoms with Gasteiger partial charge in [-0.15, -0.1) is 0 Å². The van der Waals surface area contributed by atoms with Crippen LogP contribution in [0.4, 0.5) is 0 Å². The van der Waals surface area contributed by atoms with Gasteiger partial charge in [0.15, 0.2) is 0 Å². The molecule has 10 nitrogen and oxygen atoms in total. The lowest BCUT2D eigenvalue weighted by atomic mass is 10.0. The van der Waals surface area contributed by atoms with Gasteiger partial charge in [-0.2, -0.15) is 11.8 Å². The number of carbonyl (C=O) groups excluding carboxylic acids is 3. The number of aliphatic carboxylic acids is 1. The summed E-state index contributed by atoms with van der Waals surface area (Å²) in [5.74, 6) is -2.22. The molecule has 0 aromatic heterocycles. The molecule has 0 heterocycles. The number of amides is 3. The fourth-order valence-electron chi connectivity index (χ4n) is 3.11. The van der Waals surface area contributed by atoms with E-state index in [0.717, 1.165) is 5.56 Å². The van der Waals surface area contributed by atoms with Crippen LogP contribution in [-0.4, -0.2) is 72.0 Å². The summed E-state index contributed by atoms with van der Waals surface area (Å²) in [6, 6.07) is 6.08. The van der Waals surface area contributed by atoms with E-state index in [2.05, 4.69) is 16.0 Å². The standard InChI is InChI=1S/C22H35N5O5S/c1-33-12-10-17(22(31)32)26-21(30)18(13-15-7-3-2-4-8-15)27-20(29)16(9-5-6-11-23)25-19(28)14-24/h2-4,7-8,16-18H,5-6,9-14,23-24H2,1H3,(H,25,28)(H,26,30)(H,27,29)(H,31,32). The van der Waals surface area contributed by atoms with E-state index in [1.807, 2.05) is 36.6 Å². The topological polar surface area (TPSA) is 177 Å². The van der Waals surface area contributed by atoms with Crippen molar-refractivity contribution in [3.05, 3.63) is 35.9 Å². The predicted octanol–water partition coefficient (Wildman–Crippen LogP) is -0.391. The maximum Gasteiger partial charge on any atom is 0.326 e. The first-order chi connectivity index (χ1) is 15.8. The number of carboxylic acid groups (broad SMARTS) is 1. The lowest BCUT2D eigenvalue weighted by Gasteiger charge is -2.24. The highest BCUT2D eigenvalue weighted by molar-refractivity contribution is 7.98. The average molecular weight is 482 g/mol. The molecule has 0 bridgehead atoms. The van der Waals surface area contributed by atoms with E-state index in [4.69, 9.17) is 11.5 Å². The minimum Gasteiger partial charge on any atom is -0.480 e. The fourth-order valence-corrected chi connectivity index (χ4v) is 3.58. The molecule has 0 radical (unpaired) electrons. The molecule has 3 unspecified atom stereocenters. The van der Waals surface area contributed by atoms with Crippen LogP contribution in [0.1, 0.15) is 31.2 Å². The van der Waals surface area contributed by atoms with Gasteiger partial charge in [0.05, 0.1) is 6.54 Å². The number of rotatable bonds is 16. The van der Waals surface area contributed by atoms with Gasteiger partial charge in [-0.05, 0) is 49.8 Å². The molecule has 1 aromatic rings. The van der Waals surface area contributed by atoms with E-state index in [9.17, 15) is 24.3 Å². The number of thioether (sulfide) groups is 1. The van der Waals surface area contributed by atoms with Crippen LogP contribution in [0.25, 0.3) is 0 Å². The van der Waals surface area contributed by atoms with Crippen LogP contribution >= 0.6 is 11.8 Å². The molecular formula is C22H35N5O5S. The number of benzene rings is 1. The first-order valence-corrected chi connectivity index (χ1v) is 12.3. The summed E-state index contributed by atoms with van der Waals surface area (Å²) >= 11 is 1.47. The van der Waals surface area contributed by atoms with Crippen molar-refractivity contribution in [1.29, 1.82) is 0 Å². The fraction of sp³-hybridized carbons (Fsp3) is 0.545. The summed E-state index contributed by atoms with van der Waals surface area (Å²) < 4.78 is 0. The smallest absolute Gasteiger partial charge is 0.326 e. The Kier molecular flexibility index (Phi) is 13.8. The highest BCUT2D eigenvalue weighted by Crippen LogP contribution is 2.08. The third kappa shape index (κ3) is 11.2. The number of hydrogen-bond acceptors (Lipinski definition) is 7. The lowest BCUT2D eigenvalue weighted by Crippen LogP contribution is -2.56. The lowest BCUT2D eigenvalue weighted by molar-refractivity contribution is -0.142. The zero-order chi connectivity index (χ0) is 24.6. The molecule has 3 amide bonds. The van der Waals surface area contributed by atoms with E-state index in [1.165, 1.54) is 11.8 Å². The number of nitrogens with two attached hydrogens (primary N) is 2. The SMILES string of the molecule is CSCCC(NC(=O)C(Cc1ccccc1)NC(=O)C(CCCCN)NC(=O)CN)C(=O)O. The van der Waals surface area contributed by atoms with Crippen molar-refractivity contribution in [2.75, 3.05) is 25.1 Å². The van der Waals surface area contributed by atoms with Gasteiger partial charge >= 0.3 is 5.97 Å². The molecule has 0 aliphatic carbocycles. The molecule has 1 aromatic carbocycles. The number of nitrogens with one attached hydrogen (secondary N) is 3. The third-order valence-corrected chi connectivity index (χ3v) is 5.57. The quantitative estimate of drug-likeness (QED) is 0.173. The Labute approximate surface area is 198 Å². The van der Waals surface area contributed by atoms with Gasteiger partial charge in [0.25, 0.3) is 0 Å². The van der Waals surface area contributed by atoms with E-state index in [-0.39, 0.29) is 19.4 Å². The molecule has 3 atom stereocenters. The van der Waals surface area contributed by atoms with E-state index in [0.29, 0.717) is 31.6 Å². The molecule has 0 saturated carbocycles. The van der Waals surface area contributed by atoms with E-state index >= 15 is 0 Å². The third-order valence-electron chi connectivity index (χ3n) is 4.92. The summed E-state index contributed by atoms with van der Waals surface area (Å²) in [6.07, 6.45) is 3.87. The summed E-state index contributed by atoms with van der Waals surface area (Å²) in [6.45, 7) is 0.176. The molecule has 0 saturated heterocycles. The second-order valence-electron chi connectivity index (χ2n) is 7.54. The van der Waals surface area contributed by atoms with Crippen molar-refractivity contribution in [3.8, 4) is 0 Å². The molecule has 33 heavy (non-hydrogen) atoms. The largest absolute Gasteiger partial charge is 0.480 e. The maximum absolute atomic E-state index is 13.0. The molecule has 8 N–H and O–H groups in total. The van der Waals surface area contributed by atoms with Crippen LogP contribution in [0.3, 0.4) is 0 Å². The van der Waals surface area contributed by atoms with Gasteiger partial charge in [-0.3, -0.25) is 14.4 Å². The van der Waals surface area contributed by atoms with Crippen LogP contribution in [0.5, 0.6) is 0 Å². The molecule has 0 fully saturated rings. The van der Waals surface area contributed by atoms with Gasteiger partial charge in [0, 0.05) is 6.42 Å². The zero-order valence-corrected chi connectivity index (χ0v) is 19.7. The number of hydrogen-bond donors (Lipinski definition) is 6. The molecule has 0 spiro atoms. The van der Waals surface area contributed by atoms with Crippen molar-refractivity contribution in [1.82, 2.24) is 16.0 Å². The first-order valence-electron chi connectivity index (χ1n) is 10.9. The van der Waals surface area contributed by atoms with Crippen molar-refractivity contribution >= 4 is 35.5 Å². The monoisotopic (exact) mass is 481 g/mol. The summed E-state index contributed by atoms with van der Waals surface area (Å²) in [7, 11) is 0. The van der Waals surface area contributed by atoms with E-state index in [1.54, 1.807) is 0 Å². The second kappa shape index (κ2) is 16.1. The Morgan fingerprint density at radius 3 is 2.12 bits per heavy atom. The Bertz CT molecular complexity index is 765. The van der Waals surface area contributed by atoms with Gasteiger partial charge in [-0.25, -0.2) is 4.79 Å². The molecule has 11 heteroatoms. The van der Waals surface area contributed by atoms with Crippen LogP contribution in [0, 0.1) is 0 Å². The van der Waals surface area contributed by atoms with Crippen molar-refractivity contribution in [3.63, 3.8) is 0 Å². The predicted molar refractivity (Wildman–Crippen MR) is 129 cm³/mol. The minimum absolute atomic E-state index is 0.160. The minimum atomic E-state index is -1.14. The van der Waals surface area contributed by atoms with Gasteiger partial charge < -0.3 is 32.5 Å². The summed E-state index contributed by atoms with van der Waals surface area (Å²) in [4.78, 5) is 49.4. The number of carboxylic acids is 1. The molecule has 0 aliphatic heterocycles. The van der Waals surface area contributed by atoms with Crippen LogP contribution < -0.4 is 27.4 Å². The van der Waals surface area contributed by atoms with Crippen molar-refractivity contribution < 1.29 is 24.3 Å². The molecule has 184 valence electrons. The van der Waals surface area contributed by atoms with Crippen LogP contribution in [0.15, 0.2) is 30.3 Å². The molecule has 1 rings (SSSR count). The van der Waals surface area contributed by atoms with E-state index < -0.39 is 41.8 Å². The highest BCUT2D eigenvalue weighted by atomic mass is 32.2. The zero-order valence-electron chi connectivity index (χ0n) is 18.9. The first kappa shape index (κ1) is 28.4. The molecular weight excluding hydrogens is 446 g/mol. The highest BCUT2D eigenvalue weighted by Gasteiger charge is 2.29.